The lowest BCUT2D eigenvalue weighted by Gasteiger charge is -2.13. The number of carbonyl (C=O) groups excluding carboxylic acids is 2. The fourth-order valence-corrected chi connectivity index (χ4v) is 3.21. The van der Waals surface area contributed by atoms with Gasteiger partial charge in [-0.1, -0.05) is 29.3 Å². The van der Waals surface area contributed by atoms with Crippen LogP contribution in [-0.4, -0.2) is 23.7 Å². The molecule has 4 nitrogen and oxygen atoms in total. The van der Waals surface area contributed by atoms with Gasteiger partial charge in [0.15, 0.2) is 0 Å². The monoisotopic (exact) mass is 377 g/mol. The van der Waals surface area contributed by atoms with Crippen molar-refractivity contribution in [2.75, 3.05) is 11.9 Å². The maximum absolute atomic E-state index is 12.3. The van der Waals surface area contributed by atoms with Gasteiger partial charge in [-0.05, 0) is 51.1 Å². The van der Waals surface area contributed by atoms with E-state index in [1.165, 1.54) is 17.3 Å². The second kappa shape index (κ2) is 8.92. The number of halogens is 1. The van der Waals surface area contributed by atoms with Gasteiger partial charge in [-0.3, -0.25) is 4.79 Å². The van der Waals surface area contributed by atoms with Crippen LogP contribution in [-0.2, 0) is 9.53 Å². The summed E-state index contributed by atoms with van der Waals surface area (Å²) in [6.07, 6.45) is 0. The zero-order valence-electron chi connectivity index (χ0n) is 14.3. The first-order valence-electron chi connectivity index (χ1n) is 7.91. The molecule has 0 radical (unpaired) electrons. The van der Waals surface area contributed by atoms with Crippen molar-refractivity contribution in [1.82, 2.24) is 0 Å². The topological polar surface area (TPSA) is 55.4 Å². The maximum atomic E-state index is 12.3. The molecule has 2 rings (SSSR count). The third kappa shape index (κ3) is 5.51. The van der Waals surface area contributed by atoms with Gasteiger partial charge >= 0.3 is 5.97 Å². The number of hydrogen-bond acceptors (Lipinski definition) is 4. The average molecular weight is 378 g/mol. The van der Waals surface area contributed by atoms with Gasteiger partial charge < -0.3 is 10.1 Å². The number of aryl methyl sites for hydroxylation is 1. The summed E-state index contributed by atoms with van der Waals surface area (Å²) in [5.74, 6) is -0.612. The summed E-state index contributed by atoms with van der Waals surface area (Å²) < 4.78 is 4.93. The molecule has 1 atom stereocenters. The largest absolute Gasteiger partial charge is 0.462 e. The smallest absolute Gasteiger partial charge is 0.339 e. The van der Waals surface area contributed by atoms with Gasteiger partial charge in [0.1, 0.15) is 0 Å². The Morgan fingerprint density at radius 1 is 1.20 bits per heavy atom. The van der Waals surface area contributed by atoms with Gasteiger partial charge in [-0.25, -0.2) is 4.79 Å². The SMILES string of the molecule is CCOC(=O)c1ccc(NC(=O)[C@@H](C)Sc2ccc(C)cc2)cc1Cl. The minimum Gasteiger partial charge on any atom is -0.462 e. The van der Waals surface area contributed by atoms with Gasteiger partial charge in [0.2, 0.25) is 5.91 Å². The Kier molecular flexibility index (Phi) is 6.91. The van der Waals surface area contributed by atoms with E-state index >= 15 is 0 Å². The fourth-order valence-electron chi connectivity index (χ4n) is 2.09. The normalized spacial score (nSPS) is 11.7. The Hall–Kier alpha value is -1.98. The summed E-state index contributed by atoms with van der Waals surface area (Å²) in [5.41, 5.74) is 2.00. The number of rotatable bonds is 6. The molecule has 2 aromatic carbocycles. The Morgan fingerprint density at radius 2 is 1.88 bits per heavy atom. The number of thioether (sulfide) groups is 1. The molecule has 0 heterocycles. The lowest BCUT2D eigenvalue weighted by molar-refractivity contribution is -0.115. The molecule has 0 aliphatic rings. The van der Waals surface area contributed by atoms with E-state index in [-0.39, 0.29) is 28.4 Å². The molecule has 25 heavy (non-hydrogen) atoms. The van der Waals surface area contributed by atoms with E-state index in [1.54, 1.807) is 25.1 Å². The first kappa shape index (κ1) is 19.3. The van der Waals surface area contributed by atoms with Crippen LogP contribution in [0.15, 0.2) is 47.4 Å². The molecule has 0 saturated heterocycles. The lowest BCUT2D eigenvalue weighted by Crippen LogP contribution is -2.22. The third-order valence-electron chi connectivity index (χ3n) is 3.44. The quantitative estimate of drug-likeness (QED) is 0.572. The summed E-state index contributed by atoms with van der Waals surface area (Å²) in [7, 11) is 0. The van der Waals surface area contributed by atoms with Gasteiger partial charge in [0, 0.05) is 10.6 Å². The number of esters is 1. The van der Waals surface area contributed by atoms with E-state index < -0.39 is 5.97 Å². The minimum absolute atomic E-state index is 0.134. The van der Waals surface area contributed by atoms with E-state index in [2.05, 4.69) is 5.32 Å². The number of hydrogen-bond donors (Lipinski definition) is 1. The Morgan fingerprint density at radius 3 is 2.48 bits per heavy atom. The van der Waals surface area contributed by atoms with Crippen molar-refractivity contribution in [2.45, 2.75) is 30.9 Å². The minimum atomic E-state index is -0.478. The van der Waals surface area contributed by atoms with Gasteiger partial charge in [0.05, 0.1) is 22.4 Å². The highest BCUT2D eigenvalue weighted by Crippen LogP contribution is 2.26. The number of ether oxygens (including phenoxy) is 1. The Balaban J connectivity index is 2.00. The number of nitrogens with one attached hydrogen (secondary N) is 1. The van der Waals surface area contributed by atoms with Gasteiger partial charge in [-0.2, -0.15) is 0 Å². The molecular formula is C19H20ClNO3S. The van der Waals surface area contributed by atoms with Crippen molar-refractivity contribution < 1.29 is 14.3 Å². The number of carbonyl (C=O) groups is 2. The van der Waals surface area contributed by atoms with E-state index in [0.717, 1.165) is 4.90 Å². The molecule has 6 heteroatoms. The second-order valence-corrected chi connectivity index (χ2v) is 7.30. The highest BCUT2D eigenvalue weighted by Gasteiger charge is 2.16. The van der Waals surface area contributed by atoms with Crippen LogP contribution < -0.4 is 5.32 Å². The van der Waals surface area contributed by atoms with Crippen molar-refractivity contribution in [1.29, 1.82) is 0 Å². The predicted molar refractivity (Wildman–Crippen MR) is 103 cm³/mol. The predicted octanol–water partition coefficient (Wildman–Crippen LogP) is 4.94. The summed E-state index contributed by atoms with van der Waals surface area (Å²) in [4.78, 5) is 25.1. The van der Waals surface area contributed by atoms with E-state index in [9.17, 15) is 9.59 Å². The fraction of sp³-hybridized carbons (Fsp3) is 0.263. The summed E-state index contributed by atoms with van der Waals surface area (Å²) in [6.45, 7) is 5.87. The molecule has 0 saturated carbocycles. The molecule has 0 aliphatic heterocycles. The molecule has 0 aromatic heterocycles. The number of benzene rings is 2. The van der Waals surface area contributed by atoms with Crippen LogP contribution in [0.4, 0.5) is 5.69 Å². The highest BCUT2D eigenvalue weighted by atomic mass is 35.5. The zero-order chi connectivity index (χ0) is 18.4. The van der Waals surface area contributed by atoms with Gasteiger partial charge in [-0.15, -0.1) is 11.8 Å². The van der Waals surface area contributed by atoms with Crippen LogP contribution in [0.2, 0.25) is 5.02 Å². The first-order valence-corrected chi connectivity index (χ1v) is 9.17. The van der Waals surface area contributed by atoms with Crippen LogP contribution in [0.25, 0.3) is 0 Å². The van der Waals surface area contributed by atoms with E-state index in [1.807, 2.05) is 38.1 Å². The standard InChI is InChI=1S/C19H20ClNO3S/c1-4-24-19(23)16-10-7-14(11-17(16)20)21-18(22)13(3)25-15-8-5-12(2)6-9-15/h5-11,13H,4H2,1-3H3,(H,21,22)/t13-/m1/s1. The number of amides is 1. The molecule has 0 spiro atoms. The molecule has 1 N–H and O–H groups in total. The molecule has 2 aromatic rings. The average Bonchev–Trinajstić information content (AvgIpc) is 2.57. The van der Waals surface area contributed by atoms with Crippen molar-refractivity contribution in [2.24, 2.45) is 0 Å². The van der Waals surface area contributed by atoms with Crippen LogP contribution in [0, 0.1) is 6.92 Å². The molecule has 0 aliphatic carbocycles. The first-order chi connectivity index (χ1) is 11.9. The second-order valence-electron chi connectivity index (χ2n) is 5.48. The van der Waals surface area contributed by atoms with Crippen molar-refractivity contribution in [3.8, 4) is 0 Å². The van der Waals surface area contributed by atoms with E-state index in [4.69, 9.17) is 16.3 Å². The van der Waals surface area contributed by atoms with Crippen molar-refractivity contribution >= 4 is 40.9 Å². The lowest BCUT2D eigenvalue weighted by atomic mass is 10.2. The molecule has 0 unspecified atom stereocenters. The van der Waals surface area contributed by atoms with Crippen LogP contribution >= 0.6 is 23.4 Å². The maximum Gasteiger partial charge on any atom is 0.339 e. The van der Waals surface area contributed by atoms with Crippen LogP contribution in [0.5, 0.6) is 0 Å². The third-order valence-corrected chi connectivity index (χ3v) is 4.86. The summed E-state index contributed by atoms with van der Waals surface area (Å²) >= 11 is 7.59. The molecule has 0 bridgehead atoms. The van der Waals surface area contributed by atoms with Crippen molar-refractivity contribution in [3.63, 3.8) is 0 Å². The zero-order valence-corrected chi connectivity index (χ0v) is 15.9. The van der Waals surface area contributed by atoms with Crippen LogP contribution in [0.1, 0.15) is 29.8 Å². The molecule has 0 fully saturated rings. The summed E-state index contributed by atoms with van der Waals surface area (Å²) in [6, 6.07) is 12.8. The van der Waals surface area contributed by atoms with Crippen LogP contribution in [0.3, 0.4) is 0 Å². The molecule has 132 valence electrons. The van der Waals surface area contributed by atoms with Gasteiger partial charge in [0.25, 0.3) is 0 Å². The molecule has 1 amide bonds. The summed E-state index contributed by atoms with van der Waals surface area (Å²) in [5, 5.41) is 2.79. The molecular weight excluding hydrogens is 358 g/mol. The van der Waals surface area contributed by atoms with E-state index in [0.29, 0.717) is 5.69 Å². The highest BCUT2D eigenvalue weighted by molar-refractivity contribution is 8.00. The Labute approximate surface area is 156 Å². The number of anilines is 1. The van der Waals surface area contributed by atoms with Crippen molar-refractivity contribution in [3.05, 3.63) is 58.6 Å². The Bertz CT molecular complexity index is 762.